The summed E-state index contributed by atoms with van der Waals surface area (Å²) < 4.78 is 11.9. The van der Waals surface area contributed by atoms with Gasteiger partial charge in [0.1, 0.15) is 17.6 Å². The first-order chi connectivity index (χ1) is 8.43. The Balaban J connectivity index is 1.85. The number of fused-ring (bicyclic) bond motifs is 5. The third-order valence-electron chi connectivity index (χ3n) is 3.58. The van der Waals surface area contributed by atoms with Crippen LogP contribution in [0.15, 0.2) is 48.5 Å². The summed E-state index contributed by atoms with van der Waals surface area (Å²) in [6.07, 6.45) is 0.123. The molecule has 2 nitrogen and oxygen atoms in total. The second-order valence-electron chi connectivity index (χ2n) is 4.53. The van der Waals surface area contributed by atoms with Crippen molar-refractivity contribution in [2.24, 2.45) is 0 Å². The number of hydrogen-bond donors (Lipinski definition) is 0. The second kappa shape index (κ2) is 3.27. The van der Waals surface area contributed by atoms with Crippen LogP contribution in [-0.2, 0) is 0 Å². The topological polar surface area (TPSA) is 18.5 Å². The molecule has 0 unspecified atom stereocenters. The molecule has 2 heterocycles. The lowest BCUT2D eigenvalue weighted by Gasteiger charge is -2.27. The van der Waals surface area contributed by atoms with Gasteiger partial charge in [0.2, 0.25) is 0 Å². The molecule has 0 aliphatic carbocycles. The van der Waals surface area contributed by atoms with Crippen LogP contribution < -0.4 is 9.47 Å². The van der Waals surface area contributed by atoms with E-state index in [1.165, 1.54) is 11.1 Å². The highest BCUT2D eigenvalue weighted by atomic mass is 16.5. The molecule has 0 saturated carbocycles. The fraction of sp³-hybridized carbons (Fsp3) is 0.200. The second-order valence-corrected chi connectivity index (χ2v) is 4.53. The molecule has 2 aliphatic heterocycles. The van der Waals surface area contributed by atoms with E-state index in [-0.39, 0.29) is 6.10 Å². The molecule has 0 N–H and O–H groups in total. The third kappa shape index (κ3) is 1.21. The summed E-state index contributed by atoms with van der Waals surface area (Å²) in [5.41, 5.74) is 2.44. The summed E-state index contributed by atoms with van der Waals surface area (Å²) in [5.74, 6) is 2.30. The first kappa shape index (κ1) is 9.11. The molecule has 2 atom stereocenters. The Hall–Kier alpha value is -1.96. The third-order valence-corrected chi connectivity index (χ3v) is 3.58. The summed E-state index contributed by atoms with van der Waals surface area (Å²) in [7, 11) is 0. The van der Waals surface area contributed by atoms with E-state index in [1.807, 2.05) is 30.3 Å². The monoisotopic (exact) mass is 224 g/mol. The first-order valence-electron chi connectivity index (χ1n) is 5.91. The van der Waals surface area contributed by atoms with Gasteiger partial charge in [-0.05, 0) is 12.1 Å². The highest BCUT2D eigenvalue weighted by molar-refractivity contribution is 5.48. The Morgan fingerprint density at radius 2 is 1.53 bits per heavy atom. The minimum absolute atomic E-state index is 0.123. The van der Waals surface area contributed by atoms with Gasteiger partial charge in [0, 0.05) is 11.1 Å². The van der Waals surface area contributed by atoms with Crippen molar-refractivity contribution in [2.45, 2.75) is 12.0 Å². The SMILES string of the molecule is c1ccc2c(c1)O[C@H]1c3ccccc3OC[C@H]21. The first-order valence-corrected chi connectivity index (χ1v) is 5.91. The molecule has 84 valence electrons. The number of rotatable bonds is 0. The van der Waals surface area contributed by atoms with Crippen molar-refractivity contribution >= 4 is 0 Å². The van der Waals surface area contributed by atoms with Crippen LogP contribution in [0.4, 0.5) is 0 Å². The number of ether oxygens (including phenoxy) is 2. The molecule has 2 heteroatoms. The van der Waals surface area contributed by atoms with Crippen molar-refractivity contribution in [1.82, 2.24) is 0 Å². The van der Waals surface area contributed by atoms with E-state index >= 15 is 0 Å². The molecule has 0 saturated heterocycles. The molecular weight excluding hydrogens is 212 g/mol. The van der Waals surface area contributed by atoms with Gasteiger partial charge in [0.05, 0.1) is 12.5 Å². The van der Waals surface area contributed by atoms with E-state index < -0.39 is 0 Å². The molecule has 2 aromatic rings. The summed E-state index contributed by atoms with van der Waals surface area (Å²) >= 11 is 0. The maximum Gasteiger partial charge on any atom is 0.138 e. The van der Waals surface area contributed by atoms with Gasteiger partial charge >= 0.3 is 0 Å². The fourth-order valence-corrected chi connectivity index (χ4v) is 2.76. The van der Waals surface area contributed by atoms with Crippen LogP contribution in [0.5, 0.6) is 11.5 Å². The Morgan fingerprint density at radius 3 is 2.41 bits per heavy atom. The lowest BCUT2D eigenvalue weighted by molar-refractivity contribution is 0.139. The molecule has 0 amide bonds. The number of benzene rings is 2. The smallest absolute Gasteiger partial charge is 0.138 e. The van der Waals surface area contributed by atoms with E-state index in [9.17, 15) is 0 Å². The van der Waals surface area contributed by atoms with E-state index in [0.717, 1.165) is 11.5 Å². The number of hydrogen-bond acceptors (Lipinski definition) is 2. The molecule has 0 bridgehead atoms. The molecule has 2 aromatic carbocycles. The lowest BCUT2D eigenvalue weighted by Crippen LogP contribution is -2.22. The van der Waals surface area contributed by atoms with Crippen molar-refractivity contribution < 1.29 is 9.47 Å². The summed E-state index contributed by atoms with van der Waals surface area (Å²) in [5, 5.41) is 0. The zero-order chi connectivity index (χ0) is 11.2. The number of para-hydroxylation sites is 2. The van der Waals surface area contributed by atoms with Crippen molar-refractivity contribution in [3.8, 4) is 11.5 Å². The molecule has 4 rings (SSSR count). The van der Waals surface area contributed by atoms with Crippen LogP contribution in [-0.4, -0.2) is 6.61 Å². The molecule has 2 aliphatic rings. The average Bonchev–Trinajstić information content (AvgIpc) is 2.78. The van der Waals surface area contributed by atoms with Crippen molar-refractivity contribution in [3.05, 3.63) is 59.7 Å². The minimum atomic E-state index is 0.123. The summed E-state index contributed by atoms with van der Waals surface area (Å²) in [6.45, 7) is 0.707. The van der Waals surface area contributed by atoms with Crippen molar-refractivity contribution in [1.29, 1.82) is 0 Å². The van der Waals surface area contributed by atoms with Crippen LogP contribution in [0.2, 0.25) is 0 Å². The standard InChI is InChI=1S/C15H12O2/c1-4-8-14-10(5-1)12-9-16-13-7-3-2-6-11(13)15(12)17-14/h1-8,12,15H,9H2/t12-,15+/m1/s1. The maximum absolute atomic E-state index is 6.06. The van der Waals surface area contributed by atoms with Gasteiger partial charge < -0.3 is 9.47 Å². The van der Waals surface area contributed by atoms with E-state index in [1.54, 1.807) is 0 Å². The predicted octanol–water partition coefficient (Wildman–Crippen LogP) is 3.30. The van der Waals surface area contributed by atoms with Crippen LogP contribution in [0, 0.1) is 0 Å². The van der Waals surface area contributed by atoms with Gasteiger partial charge in [-0.1, -0.05) is 36.4 Å². The molecular formula is C15H12O2. The average molecular weight is 224 g/mol. The van der Waals surface area contributed by atoms with Crippen molar-refractivity contribution in [2.75, 3.05) is 6.61 Å². The van der Waals surface area contributed by atoms with Crippen LogP contribution >= 0.6 is 0 Å². The van der Waals surface area contributed by atoms with E-state index in [2.05, 4.69) is 18.2 Å². The molecule has 17 heavy (non-hydrogen) atoms. The zero-order valence-corrected chi connectivity index (χ0v) is 9.30. The molecule has 0 radical (unpaired) electrons. The van der Waals surface area contributed by atoms with E-state index in [4.69, 9.17) is 9.47 Å². The van der Waals surface area contributed by atoms with Crippen LogP contribution in [0.1, 0.15) is 23.1 Å². The lowest BCUT2D eigenvalue weighted by atomic mass is 9.89. The van der Waals surface area contributed by atoms with Gasteiger partial charge in [-0.25, -0.2) is 0 Å². The zero-order valence-electron chi connectivity index (χ0n) is 9.30. The molecule has 0 fully saturated rings. The minimum Gasteiger partial charge on any atom is -0.492 e. The highest BCUT2D eigenvalue weighted by Crippen LogP contribution is 2.50. The highest BCUT2D eigenvalue weighted by Gasteiger charge is 2.40. The fourth-order valence-electron chi connectivity index (χ4n) is 2.76. The van der Waals surface area contributed by atoms with Crippen LogP contribution in [0.3, 0.4) is 0 Å². The van der Waals surface area contributed by atoms with Gasteiger partial charge in [-0.3, -0.25) is 0 Å². The van der Waals surface area contributed by atoms with Gasteiger partial charge in [-0.2, -0.15) is 0 Å². The normalized spacial score (nSPS) is 24.0. The Kier molecular flexibility index (Phi) is 1.75. The van der Waals surface area contributed by atoms with Gasteiger partial charge in [0.25, 0.3) is 0 Å². The summed E-state index contributed by atoms with van der Waals surface area (Å²) in [4.78, 5) is 0. The Labute approximate surface area is 99.8 Å². The molecule has 0 spiro atoms. The van der Waals surface area contributed by atoms with Gasteiger partial charge in [-0.15, -0.1) is 0 Å². The Bertz CT molecular complexity index is 577. The molecule has 0 aromatic heterocycles. The maximum atomic E-state index is 6.06. The predicted molar refractivity (Wildman–Crippen MR) is 64.5 cm³/mol. The van der Waals surface area contributed by atoms with Gasteiger partial charge in [0.15, 0.2) is 0 Å². The Morgan fingerprint density at radius 1 is 0.824 bits per heavy atom. The van der Waals surface area contributed by atoms with Crippen LogP contribution in [0.25, 0.3) is 0 Å². The summed E-state index contributed by atoms with van der Waals surface area (Å²) in [6, 6.07) is 16.4. The quantitative estimate of drug-likeness (QED) is 0.683. The van der Waals surface area contributed by atoms with E-state index in [0.29, 0.717) is 12.5 Å². The largest absolute Gasteiger partial charge is 0.492 e. The van der Waals surface area contributed by atoms with Crippen molar-refractivity contribution in [3.63, 3.8) is 0 Å².